The topological polar surface area (TPSA) is 75.9 Å². The Morgan fingerprint density at radius 1 is 1.26 bits per heavy atom. The van der Waals surface area contributed by atoms with Crippen LogP contribution >= 0.6 is 15.9 Å². The Kier molecular flexibility index (Phi) is 4.70. The van der Waals surface area contributed by atoms with Crippen molar-refractivity contribution in [2.75, 3.05) is 10.7 Å². The van der Waals surface area contributed by atoms with Gasteiger partial charge >= 0.3 is 0 Å². The number of benzene rings is 1. The maximum absolute atomic E-state index is 5.49. The van der Waals surface area contributed by atoms with Crippen molar-refractivity contribution in [2.24, 2.45) is 5.84 Å². The van der Waals surface area contributed by atoms with Crippen molar-refractivity contribution < 1.29 is 0 Å². The number of aromatic nitrogens is 2. The van der Waals surface area contributed by atoms with Crippen LogP contribution in [0.15, 0.2) is 35.1 Å². The zero-order valence-corrected chi connectivity index (χ0v) is 12.2. The third kappa shape index (κ3) is 3.42. The fraction of sp³-hybridized carbons (Fsp3) is 0.231. The standard InChI is InChI=1S/C13H16BrN5/c1-2-4-11-12(16-8-17-13(11)19-15)18-10-6-3-5-9(14)7-10/h3,5-8H,2,4,15H2,1H3,(H2,16,17,18,19). The van der Waals surface area contributed by atoms with E-state index in [1.54, 1.807) is 0 Å². The van der Waals surface area contributed by atoms with E-state index in [1.807, 2.05) is 24.3 Å². The second-order valence-electron chi connectivity index (χ2n) is 4.08. The summed E-state index contributed by atoms with van der Waals surface area (Å²) in [4.78, 5) is 8.44. The molecule has 0 bridgehead atoms. The van der Waals surface area contributed by atoms with Gasteiger partial charge in [0.05, 0.1) is 0 Å². The van der Waals surface area contributed by atoms with Gasteiger partial charge < -0.3 is 10.7 Å². The van der Waals surface area contributed by atoms with Gasteiger partial charge in [-0.2, -0.15) is 0 Å². The summed E-state index contributed by atoms with van der Waals surface area (Å²) in [6.07, 6.45) is 3.35. The van der Waals surface area contributed by atoms with E-state index in [4.69, 9.17) is 5.84 Å². The molecule has 0 amide bonds. The van der Waals surface area contributed by atoms with Crippen LogP contribution in [-0.4, -0.2) is 9.97 Å². The monoisotopic (exact) mass is 321 g/mol. The molecule has 100 valence electrons. The van der Waals surface area contributed by atoms with E-state index in [-0.39, 0.29) is 0 Å². The molecule has 0 aliphatic rings. The van der Waals surface area contributed by atoms with Crippen LogP contribution in [0.5, 0.6) is 0 Å². The number of hydrogen-bond acceptors (Lipinski definition) is 5. The minimum absolute atomic E-state index is 0.661. The Hall–Kier alpha value is -1.66. The van der Waals surface area contributed by atoms with Crippen molar-refractivity contribution in [2.45, 2.75) is 19.8 Å². The van der Waals surface area contributed by atoms with Crippen LogP contribution in [0.2, 0.25) is 0 Å². The van der Waals surface area contributed by atoms with Crippen LogP contribution in [0.1, 0.15) is 18.9 Å². The average Bonchev–Trinajstić information content (AvgIpc) is 2.41. The third-order valence-electron chi connectivity index (χ3n) is 2.67. The van der Waals surface area contributed by atoms with Gasteiger partial charge in [0.2, 0.25) is 0 Å². The van der Waals surface area contributed by atoms with Crippen molar-refractivity contribution in [3.63, 3.8) is 0 Å². The van der Waals surface area contributed by atoms with Crippen molar-refractivity contribution in [3.05, 3.63) is 40.6 Å². The fourth-order valence-electron chi connectivity index (χ4n) is 1.83. The molecule has 0 unspecified atom stereocenters. The molecule has 5 nitrogen and oxygen atoms in total. The minimum atomic E-state index is 0.661. The van der Waals surface area contributed by atoms with E-state index < -0.39 is 0 Å². The molecule has 0 saturated carbocycles. The van der Waals surface area contributed by atoms with Gasteiger partial charge in [0, 0.05) is 15.7 Å². The van der Waals surface area contributed by atoms with Gasteiger partial charge in [-0.1, -0.05) is 35.3 Å². The molecule has 0 fully saturated rings. The molecule has 4 N–H and O–H groups in total. The lowest BCUT2D eigenvalue weighted by molar-refractivity contribution is 0.903. The van der Waals surface area contributed by atoms with Gasteiger partial charge in [0.1, 0.15) is 18.0 Å². The number of nitrogens with one attached hydrogen (secondary N) is 2. The van der Waals surface area contributed by atoms with Crippen LogP contribution in [0.25, 0.3) is 0 Å². The normalized spacial score (nSPS) is 10.3. The summed E-state index contributed by atoms with van der Waals surface area (Å²) in [5.74, 6) is 6.93. The van der Waals surface area contributed by atoms with Crippen LogP contribution in [-0.2, 0) is 6.42 Å². The Morgan fingerprint density at radius 3 is 2.74 bits per heavy atom. The molecule has 19 heavy (non-hydrogen) atoms. The first kappa shape index (κ1) is 13.8. The van der Waals surface area contributed by atoms with Gasteiger partial charge in [-0.15, -0.1) is 0 Å². The first-order valence-electron chi connectivity index (χ1n) is 6.07. The lowest BCUT2D eigenvalue weighted by atomic mass is 10.1. The summed E-state index contributed by atoms with van der Waals surface area (Å²) >= 11 is 3.45. The molecular formula is C13H16BrN5. The first-order chi connectivity index (χ1) is 9.24. The molecule has 1 aromatic carbocycles. The van der Waals surface area contributed by atoms with Crippen molar-refractivity contribution in [1.29, 1.82) is 0 Å². The maximum atomic E-state index is 5.49. The number of nitrogens with two attached hydrogens (primary N) is 1. The highest BCUT2D eigenvalue weighted by Gasteiger charge is 2.10. The second-order valence-corrected chi connectivity index (χ2v) is 4.99. The lowest BCUT2D eigenvalue weighted by Crippen LogP contribution is -2.13. The van der Waals surface area contributed by atoms with Crippen LogP contribution in [0.3, 0.4) is 0 Å². The SMILES string of the molecule is CCCc1c(NN)ncnc1Nc1cccc(Br)c1. The Balaban J connectivity index is 2.33. The van der Waals surface area contributed by atoms with Crippen molar-refractivity contribution >= 4 is 33.3 Å². The number of anilines is 3. The summed E-state index contributed by atoms with van der Waals surface area (Å²) < 4.78 is 1.01. The quantitative estimate of drug-likeness (QED) is 0.582. The summed E-state index contributed by atoms with van der Waals surface area (Å²) in [6.45, 7) is 2.11. The molecular weight excluding hydrogens is 306 g/mol. The van der Waals surface area contributed by atoms with Gasteiger partial charge in [0.25, 0.3) is 0 Å². The predicted molar refractivity (Wildman–Crippen MR) is 81.3 cm³/mol. The van der Waals surface area contributed by atoms with Gasteiger partial charge in [-0.25, -0.2) is 15.8 Å². The minimum Gasteiger partial charge on any atom is -0.340 e. The second kappa shape index (κ2) is 6.49. The predicted octanol–water partition coefficient (Wildman–Crippen LogP) is 3.22. The summed E-state index contributed by atoms with van der Waals surface area (Å²) in [5, 5.41) is 3.30. The Bertz CT molecular complexity index is 558. The van der Waals surface area contributed by atoms with Crippen LogP contribution in [0.4, 0.5) is 17.3 Å². The van der Waals surface area contributed by atoms with Crippen LogP contribution < -0.4 is 16.6 Å². The number of hydrogen-bond donors (Lipinski definition) is 3. The highest BCUT2D eigenvalue weighted by molar-refractivity contribution is 9.10. The van der Waals surface area contributed by atoms with E-state index in [0.717, 1.165) is 34.4 Å². The van der Waals surface area contributed by atoms with Crippen LogP contribution in [0, 0.1) is 0 Å². The molecule has 2 aromatic rings. The number of halogens is 1. The molecule has 6 heteroatoms. The summed E-state index contributed by atoms with van der Waals surface area (Å²) in [6, 6.07) is 7.92. The van der Waals surface area contributed by atoms with E-state index in [9.17, 15) is 0 Å². The molecule has 0 aliphatic carbocycles. The number of nitrogens with zero attached hydrogens (tertiary/aromatic N) is 2. The molecule has 1 aromatic heterocycles. The molecule has 0 saturated heterocycles. The summed E-state index contributed by atoms with van der Waals surface area (Å²) in [7, 11) is 0. The van der Waals surface area contributed by atoms with Gasteiger partial charge in [-0.3, -0.25) is 0 Å². The van der Waals surface area contributed by atoms with E-state index in [2.05, 4.69) is 43.6 Å². The number of rotatable bonds is 5. The zero-order chi connectivity index (χ0) is 13.7. The van der Waals surface area contributed by atoms with Crippen molar-refractivity contribution in [3.8, 4) is 0 Å². The number of hydrazine groups is 1. The Labute approximate surface area is 120 Å². The molecule has 2 rings (SSSR count). The van der Waals surface area contributed by atoms with E-state index >= 15 is 0 Å². The molecule has 0 atom stereocenters. The van der Waals surface area contributed by atoms with Gasteiger partial charge in [0.15, 0.2) is 0 Å². The highest BCUT2D eigenvalue weighted by Crippen LogP contribution is 2.25. The largest absolute Gasteiger partial charge is 0.340 e. The van der Waals surface area contributed by atoms with Crippen molar-refractivity contribution in [1.82, 2.24) is 9.97 Å². The lowest BCUT2D eigenvalue weighted by Gasteiger charge is -2.13. The third-order valence-corrected chi connectivity index (χ3v) is 3.16. The number of nitrogen functional groups attached to an aromatic ring is 1. The summed E-state index contributed by atoms with van der Waals surface area (Å²) in [5.41, 5.74) is 4.58. The maximum Gasteiger partial charge on any atom is 0.148 e. The van der Waals surface area contributed by atoms with E-state index in [1.165, 1.54) is 6.33 Å². The molecule has 1 heterocycles. The highest BCUT2D eigenvalue weighted by atomic mass is 79.9. The van der Waals surface area contributed by atoms with E-state index in [0.29, 0.717) is 5.82 Å². The molecule has 0 aliphatic heterocycles. The molecule has 0 radical (unpaired) electrons. The first-order valence-corrected chi connectivity index (χ1v) is 6.87. The smallest absolute Gasteiger partial charge is 0.148 e. The van der Waals surface area contributed by atoms with Gasteiger partial charge in [-0.05, 0) is 24.6 Å². The molecule has 0 spiro atoms. The zero-order valence-electron chi connectivity index (χ0n) is 10.7. The Morgan fingerprint density at radius 2 is 2.05 bits per heavy atom. The fourth-order valence-corrected chi connectivity index (χ4v) is 2.23. The average molecular weight is 322 g/mol.